The number of nitrogen functional groups attached to an aromatic ring is 1. The van der Waals surface area contributed by atoms with E-state index >= 15 is 0 Å². The molecular formula is C15H13N3O2. The quantitative estimate of drug-likeness (QED) is 0.659. The van der Waals surface area contributed by atoms with Crippen LogP contribution in [0.15, 0.2) is 42.5 Å². The number of esters is 1. The summed E-state index contributed by atoms with van der Waals surface area (Å²) in [6, 6.07) is 13.9. The first kappa shape index (κ1) is 13.4. The molecule has 20 heavy (non-hydrogen) atoms. The van der Waals surface area contributed by atoms with Crippen LogP contribution in [0.2, 0.25) is 0 Å². The van der Waals surface area contributed by atoms with Crippen LogP contribution in [0.1, 0.15) is 15.9 Å². The van der Waals surface area contributed by atoms with Gasteiger partial charge in [-0.05, 0) is 30.3 Å². The molecule has 0 spiro atoms. The topological polar surface area (TPSA) is 88.1 Å². The number of hydrogen-bond donors (Lipinski definition) is 2. The van der Waals surface area contributed by atoms with Crippen molar-refractivity contribution in [2.45, 2.75) is 0 Å². The lowest BCUT2D eigenvalue weighted by Crippen LogP contribution is -2.04. The largest absolute Gasteiger partial charge is 0.465 e. The second kappa shape index (κ2) is 5.76. The van der Waals surface area contributed by atoms with Gasteiger partial charge in [0.1, 0.15) is 6.07 Å². The van der Waals surface area contributed by atoms with Gasteiger partial charge in [0.05, 0.1) is 35.3 Å². The summed E-state index contributed by atoms with van der Waals surface area (Å²) in [6.45, 7) is 0. The minimum atomic E-state index is -0.443. The van der Waals surface area contributed by atoms with E-state index in [2.05, 4.69) is 16.1 Å². The number of para-hydroxylation sites is 1. The molecule has 2 aromatic rings. The standard InChI is InChI=1S/C15H13N3O2/c1-20-15(19)10-6-7-12(17)14(8-10)18-13-5-3-2-4-11(13)9-16/h2-8,18H,17H2,1H3. The zero-order chi connectivity index (χ0) is 14.5. The van der Waals surface area contributed by atoms with Crippen LogP contribution in [0.4, 0.5) is 17.1 Å². The van der Waals surface area contributed by atoms with E-state index in [9.17, 15) is 4.79 Å². The molecule has 0 aliphatic carbocycles. The zero-order valence-corrected chi connectivity index (χ0v) is 10.9. The Kier molecular flexibility index (Phi) is 3.87. The van der Waals surface area contributed by atoms with Crippen molar-refractivity contribution in [1.82, 2.24) is 0 Å². The van der Waals surface area contributed by atoms with Gasteiger partial charge in [-0.2, -0.15) is 5.26 Å². The molecule has 0 aliphatic rings. The predicted octanol–water partition coefficient (Wildman–Crippen LogP) is 2.67. The van der Waals surface area contributed by atoms with E-state index in [-0.39, 0.29) is 0 Å². The maximum Gasteiger partial charge on any atom is 0.337 e. The molecule has 0 aliphatic heterocycles. The van der Waals surface area contributed by atoms with Crippen LogP contribution in [-0.2, 0) is 4.74 Å². The Morgan fingerprint density at radius 1 is 1.25 bits per heavy atom. The number of nitrogens with zero attached hydrogens (tertiary/aromatic N) is 1. The third kappa shape index (κ3) is 2.70. The van der Waals surface area contributed by atoms with E-state index < -0.39 is 5.97 Å². The lowest BCUT2D eigenvalue weighted by atomic mass is 10.1. The summed E-state index contributed by atoms with van der Waals surface area (Å²) in [6.07, 6.45) is 0. The number of methoxy groups -OCH3 is 1. The van der Waals surface area contributed by atoms with Crippen LogP contribution in [0.5, 0.6) is 0 Å². The molecule has 5 nitrogen and oxygen atoms in total. The lowest BCUT2D eigenvalue weighted by Gasteiger charge is -2.11. The van der Waals surface area contributed by atoms with Crippen LogP contribution in [0.3, 0.4) is 0 Å². The van der Waals surface area contributed by atoms with Crippen molar-refractivity contribution in [2.75, 3.05) is 18.2 Å². The number of hydrogen-bond acceptors (Lipinski definition) is 5. The molecule has 2 rings (SSSR count). The van der Waals surface area contributed by atoms with Crippen molar-refractivity contribution < 1.29 is 9.53 Å². The average molecular weight is 267 g/mol. The van der Waals surface area contributed by atoms with E-state index in [1.54, 1.807) is 36.4 Å². The van der Waals surface area contributed by atoms with Crippen LogP contribution >= 0.6 is 0 Å². The van der Waals surface area contributed by atoms with Crippen molar-refractivity contribution in [2.24, 2.45) is 0 Å². The van der Waals surface area contributed by atoms with Crippen molar-refractivity contribution in [3.8, 4) is 6.07 Å². The van der Waals surface area contributed by atoms with Crippen molar-refractivity contribution >= 4 is 23.0 Å². The second-order valence-corrected chi connectivity index (χ2v) is 4.08. The number of benzene rings is 2. The molecule has 0 saturated carbocycles. The average Bonchev–Trinajstić information content (AvgIpc) is 2.49. The highest BCUT2D eigenvalue weighted by atomic mass is 16.5. The van der Waals surface area contributed by atoms with Gasteiger partial charge in [-0.15, -0.1) is 0 Å². The third-order valence-electron chi connectivity index (χ3n) is 2.79. The Morgan fingerprint density at radius 2 is 2.00 bits per heavy atom. The number of carbonyl (C=O) groups is 1. The smallest absolute Gasteiger partial charge is 0.337 e. The highest BCUT2D eigenvalue weighted by Crippen LogP contribution is 2.26. The molecule has 0 amide bonds. The maximum atomic E-state index is 11.5. The van der Waals surface area contributed by atoms with E-state index in [0.717, 1.165) is 0 Å². The van der Waals surface area contributed by atoms with Gasteiger partial charge in [0.2, 0.25) is 0 Å². The Bertz CT molecular complexity index is 690. The Labute approximate surface area is 116 Å². The SMILES string of the molecule is COC(=O)c1ccc(N)c(Nc2ccccc2C#N)c1. The highest BCUT2D eigenvalue weighted by molar-refractivity contribution is 5.92. The Balaban J connectivity index is 2.38. The number of rotatable bonds is 3. The van der Waals surface area contributed by atoms with Gasteiger partial charge in [0.15, 0.2) is 0 Å². The van der Waals surface area contributed by atoms with Crippen LogP contribution < -0.4 is 11.1 Å². The fourth-order valence-electron chi connectivity index (χ4n) is 1.74. The first-order chi connectivity index (χ1) is 9.65. The van der Waals surface area contributed by atoms with Crippen LogP contribution in [0.25, 0.3) is 0 Å². The summed E-state index contributed by atoms with van der Waals surface area (Å²) in [5.41, 5.74) is 8.41. The second-order valence-electron chi connectivity index (χ2n) is 4.08. The molecule has 0 aromatic heterocycles. The number of ether oxygens (including phenoxy) is 1. The maximum absolute atomic E-state index is 11.5. The van der Waals surface area contributed by atoms with Crippen molar-refractivity contribution in [1.29, 1.82) is 5.26 Å². The summed E-state index contributed by atoms with van der Waals surface area (Å²) < 4.78 is 4.67. The monoisotopic (exact) mass is 267 g/mol. The van der Waals surface area contributed by atoms with Gasteiger partial charge in [-0.1, -0.05) is 12.1 Å². The number of carbonyl (C=O) groups excluding carboxylic acids is 1. The molecule has 0 atom stereocenters. The molecule has 0 radical (unpaired) electrons. The molecule has 100 valence electrons. The minimum absolute atomic E-state index is 0.388. The predicted molar refractivity (Wildman–Crippen MR) is 76.6 cm³/mol. The molecule has 5 heteroatoms. The lowest BCUT2D eigenvalue weighted by molar-refractivity contribution is 0.0601. The molecule has 0 heterocycles. The summed E-state index contributed by atoms with van der Waals surface area (Å²) in [5.74, 6) is -0.443. The summed E-state index contributed by atoms with van der Waals surface area (Å²) >= 11 is 0. The number of nitriles is 1. The number of anilines is 3. The molecular weight excluding hydrogens is 254 g/mol. The van der Waals surface area contributed by atoms with Crippen molar-refractivity contribution in [3.05, 3.63) is 53.6 Å². The first-order valence-corrected chi connectivity index (χ1v) is 5.89. The number of nitrogens with one attached hydrogen (secondary N) is 1. The molecule has 2 aromatic carbocycles. The molecule has 0 bridgehead atoms. The molecule has 3 N–H and O–H groups in total. The summed E-state index contributed by atoms with van der Waals surface area (Å²) in [7, 11) is 1.32. The Morgan fingerprint density at radius 3 is 2.70 bits per heavy atom. The fourth-order valence-corrected chi connectivity index (χ4v) is 1.74. The number of nitrogens with two attached hydrogens (primary N) is 1. The van der Waals surface area contributed by atoms with Gasteiger partial charge in [0, 0.05) is 0 Å². The van der Waals surface area contributed by atoms with Gasteiger partial charge in [0.25, 0.3) is 0 Å². The third-order valence-corrected chi connectivity index (χ3v) is 2.79. The minimum Gasteiger partial charge on any atom is -0.465 e. The zero-order valence-electron chi connectivity index (χ0n) is 10.9. The fraction of sp³-hybridized carbons (Fsp3) is 0.0667. The van der Waals surface area contributed by atoms with Gasteiger partial charge < -0.3 is 15.8 Å². The first-order valence-electron chi connectivity index (χ1n) is 5.89. The summed E-state index contributed by atoms with van der Waals surface area (Å²) in [4.78, 5) is 11.5. The molecule has 0 saturated heterocycles. The van der Waals surface area contributed by atoms with Gasteiger partial charge in [-0.25, -0.2) is 4.79 Å². The van der Waals surface area contributed by atoms with Gasteiger partial charge in [-0.3, -0.25) is 0 Å². The summed E-state index contributed by atoms with van der Waals surface area (Å²) in [5, 5.41) is 12.1. The normalized spacial score (nSPS) is 9.60. The van der Waals surface area contributed by atoms with Crippen molar-refractivity contribution in [3.63, 3.8) is 0 Å². The van der Waals surface area contributed by atoms with E-state index in [0.29, 0.717) is 28.2 Å². The molecule has 0 unspecified atom stereocenters. The van der Waals surface area contributed by atoms with Crippen LogP contribution in [-0.4, -0.2) is 13.1 Å². The molecule has 0 fully saturated rings. The highest BCUT2D eigenvalue weighted by Gasteiger charge is 2.09. The van der Waals surface area contributed by atoms with E-state index in [4.69, 9.17) is 11.0 Å². The van der Waals surface area contributed by atoms with E-state index in [1.807, 2.05) is 6.07 Å². The van der Waals surface area contributed by atoms with E-state index in [1.165, 1.54) is 7.11 Å². The van der Waals surface area contributed by atoms with Crippen LogP contribution in [0, 0.1) is 11.3 Å². The Hall–Kier alpha value is -3.00. The van der Waals surface area contributed by atoms with Gasteiger partial charge >= 0.3 is 5.97 Å².